The van der Waals surface area contributed by atoms with Gasteiger partial charge in [0.2, 0.25) is 0 Å². The average Bonchev–Trinajstić information content (AvgIpc) is 2.50. The van der Waals surface area contributed by atoms with Crippen LogP contribution in [0.2, 0.25) is 0 Å². The molecular formula is C12H25NO. The zero-order chi connectivity index (χ0) is 10.6. The molecule has 14 heavy (non-hydrogen) atoms. The van der Waals surface area contributed by atoms with Gasteiger partial charge in [-0.2, -0.15) is 0 Å². The largest absolute Gasteiger partial charge is 0.379 e. The summed E-state index contributed by atoms with van der Waals surface area (Å²) < 4.78 is 0. The topological polar surface area (TPSA) is 32.3 Å². The van der Waals surface area contributed by atoms with Crippen LogP contribution in [0.4, 0.5) is 0 Å². The standard InChI is InChI=1S/C12H25NO/c1-4-6-12(13-10(3)14)11-8-5-7-9(11)2/h9-14H,4-8H2,1-3H3. The van der Waals surface area contributed by atoms with Crippen LogP contribution in [0.15, 0.2) is 0 Å². The van der Waals surface area contributed by atoms with Crippen LogP contribution in [0.3, 0.4) is 0 Å². The van der Waals surface area contributed by atoms with Crippen molar-refractivity contribution < 1.29 is 5.11 Å². The Kier molecular flexibility index (Phi) is 4.90. The van der Waals surface area contributed by atoms with Gasteiger partial charge in [-0.25, -0.2) is 0 Å². The molecular weight excluding hydrogens is 174 g/mol. The van der Waals surface area contributed by atoms with Crippen molar-refractivity contribution in [3.8, 4) is 0 Å². The molecule has 0 aliphatic heterocycles. The van der Waals surface area contributed by atoms with Gasteiger partial charge < -0.3 is 5.11 Å². The van der Waals surface area contributed by atoms with E-state index in [0.29, 0.717) is 6.04 Å². The molecule has 2 N–H and O–H groups in total. The Bertz CT molecular complexity index is 158. The Morgan fingerprint density at radius 1 is 1.43 bits per heavy atom. The van der Waals surface area contributed by atoms with Crippen LogP contribution in [0.5, 0.6) is 0 Å². The molecule has 4 unspecified atom stereocenters. The fraction of sp³-hybridized carbons (Fsp3) is 1.00. The van der Waals surface area contributed by atoms with E-state index in [4.69, 9.17) is 0 Å². The molecule has 0 bridgehead atoms. The number of hydrogen-bond donors (Lipinski definition) is 2. The average molecular weight is 199 g/mol. The molecule has 2 nitrogen and oxygen atoms in total. The van der Waals surface area contributed by atoms with E-state index in [2.05, 4.69) is 19.2 Å². The van der Waals surface area contributed by atoms with E-state index in [-0.39, 0.29) is 6.23 Å². The SMILES string of the molecule is CCCC(NC(C)O)C1CCCC1C. The lowest BCUT2D eigenvalue weighted by Crippen LogP contribution is -2.42. The first-order chi connectivity index (χ1) is 6.65. The van der Waals surface area contributed by atoms with Crippen molar-refractivity contribution in [2.75, 3.05) is 0 Å². The molecule has 0 aromatic carbocycles. The highest BCUT2D eigenvalue weighted by Gasteiger charge is 2.30. The lowest BCUT2D eigenvalue weighted by molar-refractivity contribution is 0.115. The fourth-order valence-electron chi connectivity index (χ4n) is 2.81. The van der Waals surface area contributed by atoms with Crippen molar-refractivity contribution in [1.29, 1.82) is 0 Å². The van der Waals surface area contributed by atoms with Crippen molar-refractivity contribution in [2.45, 2.75) is 65.1 Å². The number of nitrogens with one attached hydrogen (secondary N) is 1. The lowest BCUT2D eigenvalue weighted by Gasteiger charge is -2.29. The normalized spacial score (nSPS) is 31.7. The van der Waals surface area contributed by atoms with Gasteiger partial charge in [-0.3, -0.25) is 5.32 Å². The molecule has 0 amide bonds. The summed E-state index contributed by atoms with van der Waals surface area (Å²) in [5, 5.41) is 12.7. The Morgan fingerprint density at radius 3 is 2.57 bits per heavy atom. The summed E-state index contributed by atoms with van der Waals surface area (Å²) in [6.45, 7) is 6.39. The summed E-state index contributed by atoms with van der Waals surface area (Å²) in [6, 6.07) is 0.525. The number of aliphatic hydroxyl groups excluding tert-OH is 1. The number of aliphatic hydroxyl groups is 1. The minimum atomic E-state index is -0.362. The summed E-state index contributed by atoms with van der Waals surface area (Å²) in [7, 11) is 0. The molecule has 84 valence electrons. The maximum absolute atomic E-state index is 9.38. The van der Waals surface area contributed by atoms with E-state index >= 15 is 0 Å². The van der Waals surface area contributed by atoms with Gasteiger partial charge in [-0.05, 0) is 31.6 Å². The summed E-state index contributed by atoms with van der Waals surface area (Å²) in [5.41, 5.74) is 0. The fourth-order valence-corrected chi connectivity index (χ4v) is 2.81. The molecule has 4 atom stereocenters. The summed E-state index contributed by atoms with van der Waals surface area (Å²) >= 11 is 0. The van der Waals surface area contributed by atoms with Gasteiger partial charge in [0.05, 0.1) is 0 Å². The van der Waals surface area contributed by atoms with Crippen molar-refractivity contribution in [1.82, 2.24) is 5.32 Å². The van der Waals surface area contributed by atoms with Crippen LogP contribution < -0.4 is 5.32 Å². The maximum Gasteiger partial charge on any atom is 0.102 e. The van der Waals surface area contributed by atoms with Crippen LogP contribution >= 0.6 is 0 Å². The van der Waals surface area contributed by atoms with Gasteiger partial charge in [0.1, 0.15) is 6.23 Å². The third kappa shape index (κ3) is 3.25. The van der Waals surface area contributed by atoms with E-state index in [1.807, 2.05) is 6.92 Å². The van der Waals surface area contributed by atoms with Crippen molar-refractivity contribution in [2.24, 2.45) is 11.8 Å². The van der Waals surface area contributed by atoms with Gasteiger partial charge in [-0.1, -0.05) is 33.1 Å². The quantitative estimate of drug-likeness (QED) is 0.667. The van der Waals surface area contributed by atoms with E-state index in [1.165, 1.54) is 32.1 Å². The number of hydrogen-bond acceptors (Lipinski definition) is 2. The monoisotopic (exact) mass is 199 g/mol. The van der Waals surface area contributed by atoms with Crippen LogP contribution in [-0.4, -0.2) is 17.4 Å². The number of rotatable bonds is 5. The van der Waals surface area contributed by atoms with Crippen molar-refractivity contribution in [3.63, 3.8) is 0 Å². The Labute approximate surface area is 88.1 Å². The molecule has 0 aromatic rings. The lowest BCUT2D eigenvalue weighted by atomic mass is 9.87. The molecule has 1 fully saturated rings. The van der Waals surface area contributed by atoms with E-state index in [0.717, 1.165) is 11.8 Å². The van der Waals surface area contributed by atoms with Crippen LogP contribution in [0.1, 0.15) is 52.9 Å². The summed E-state index contributed by atoms with van der Waals surface area (Å²) in [4.78, 5) is 0. The summed E-state index contributed by atoms with van der Waals surface area (Å²) in [5.74, 6) is 1.61. The molecule has 0 aromatic heterocycles. The van der Waals surface area contributed by atoms with Gasteiger partial charge in [-0.15, -0.1) is 0 Å². The highest BCUT2D eigenvalue weighted by atomic mass is 16.3. The zero-order valence-electron chi connectivity index (χ0n) is 9.79. The van der Waals surface area contributed by atoms with Gasteiger partial charge in [0.15, 0.2) is 0 Å². The Morgan fingerprint density at radius 2 is 2.14 bits per heavy atom. The zero-order valence-corrected chi connectivity index (χ0v) is 9.79. The third-order valence-electron chi connectivity index (χ3n) is 3.50. The van der Waals surface area contributed by atoms with Crippen LogP contribution in [-0.2, 0) is 0 Å². The molecule has 0 radical (unpaired) electrons. The second kappa shape index (κ2) is 5.72. The molecule has 1 saturated carbocycles. The van der Waals surface area contributed by atoms with E-state index in [9.17, 15) is 5.11 Å². The molecule has 1 rings (SSSR count). The second-order valence-electron chi connectivity index (χ2n) is 4.81. The minimum absolute atomic E-state index is 0.362. The van der Waals surface area contributed by atoms with Crippen LogP contribution in [0, 0.1) is 11.8 Å². The first-order valence-electron chi connectivity index (χ1n) is 6.09. The summed E-state index contributed by atoms with van der Waals surface area (Å²) in [6.07, 6.45) is 6.11. The smallest absolute Gasteiger partial charge is 0.102 e. The molecule has 0 spiro atoms. The second-order valence-corrected chi connectivity index (χ2v) is 4.81. The maximum atomic E-state index is 9.38. The molecule has 1 aliphatic rings. The van der Waals surface area contributed by atoms with E-state index < -0.39 is 0 Å². The minimum Gasteiger partial charge on any atom is -0.379 e. The van der Waals surface area contributed by atoms with Crippen molar-refractivity contribution in [3.05, 3.63) is 0 Å². The Balaban J connectivity index is 2.47. The third-order valence-corrected chi connectivity index (χ3v) is 3.50. The first-order valence-corrected chi connectivity index (χ1v) is 6.09. The Hall–Kier alpha value is -0.0800. The van der Waals surface area contributed by atoms with Crippen LogP contribution in [0.25, 0.3) is 0 Å². The highest BCUT2D eigenvalue weighted by Crippen LogP contribution is 2.35. The van der Waals surface area contributed by atoms with E-state index in [1.54, 1.807) is 0 Å². The van der Waals surface area contributed by atoms with Gasteiger partial charge >= 0.3 is 0 Å². The molecule has 0 heterocycles. The molecule has 2 heteroatoms. The molecule has 0 saturated heterocycles. The first kappa shape index (κ1) is 12.0. The highest BCUT2D eigenvalue weighted by molar-refractivity contribution is 4.84. The molecule has 1 aliphatic carbocycles. The van der Waals surface area contributed by atoms with Crippen molar-refractivity contribution >= 4 is 0 Å². The van der Waals surface area contributed by atoms with Gasteiger partial charge in [0.25, 0.3) is 0 Å². The van der Waals surface area contributed by atoms with Gasteiger partial charge in [0, 0.05) is 6.04 Å². The predicted molar refractivity (Wildman–Crippen MR) is 60.0 cm³/mol. The predicted octanol–water partition coefficient (Wildman–Crippen LogP) is 2.52.